The number of carbonyl (C=O) groups excluding carboxylic acids is 1. The van der Waals surface area contributed by atoms with E-state index in [1.165, 1.54) is 28.9 Å². The Morgan fingerprint density at radius 2 is 1.67 bits per heavy atom. The molecule has 4 rings (SSSR count). The average Bonchev–Trinajstić information content (AvgIpc) is 2.81. The summed E-state index contributed by atoms with van der Waals surface area (Å²) in [7, 11) is 0. The van der Waals surface area contributed by atoms with E-state index >= 15 is 0 Å². The maximum Gasteiger partial charge on any atom is 0.294 e. The topological polar surface area (TPSA) is 107 Å². The number of amides is 1. The number of nitro groups is 1. The van der Waals surface area contributed by atoms with E-state index < -0.39 is 16.3 Å². The van der Waals surface area contributed by atoms with Crippen LogP contribution >= 0.6 is 0 Å². The molecule has 0 spiro atoms. The van der Waals surface area contributed by atoms with Crippen LogP contribution in [-0.2, 0) is 6.42 Å². The van der Waals surface area contributed by atoms with E-state index in [1.54, 1.807) is 25.1 Å². The average molecular weight is 440 g/mol. The number of anilines is 1. The highest BCUT2D eigenvalue weighted by Crippen LogP contribution is 2.23. The predicted molar refractivity (Wildman–Crippen MR) is 125 cm³/mol. The number of aromatic nitrogens is 2. The highest BCUT2D eigenvalue weighted by atomic mass is 16.6. The summed E-state index contributed by atoms with van der Waals surface area (Å²) in [5.74, 6) is -0.687. The maximum atomic E-state index is 13.0. The third-order valence-electron chi connectivity index (χ3n) is 5.13. The lowest BCUT2D eigenvalue weighted by molar-refractivity contribution is -0.384. The molecule has 1 heterocycles. The van der Waals surface area contributed by atoms with Gasteiger partial charge in [-0.05, 0) is 36.6 Å². The molecule has 0 radical (unpaired) electrons. The molecule has 0 aliphatic rings. The molecule has 0 saturated heterocycles. The summed E-state index contributed by atoms with van der Waals surface area (Å²) >= 11 is 0. The van der Waals surface area contributed by atoms with Crippen molar-refractivity contribution in [3.05, 3.63) is 128 Å². The number of nitrogens with one attached hydrogen (secondary N) is 1. The molecular formula is C25H20N4O4. The Hall–Kier alpha value is -4.59. The predicted octanol–water partition coefficient (Wildman–Crippen LogP) is 4.29. The molecule has 0 bridgehead atoms. The number of para-hydroxylation sites is 3. The number of nitrogens with zero attached hydrogens (tertiary/aromatic N) is 3. The summed E-state index contributed by atoms with van der Waals surface area (Å²) in [4.78, 5) is 36.5. The van der Waals surface area contributed by atoms with E-state index in [1.807, 2.05) is 42.5 Å². The number of aryl methyl sites for hydroxylation is 1. The van der Waals surface area contributed by atoms with Crippen molar-refractivity contribution in [3.63, 3.8) is 0 Å². The van der Waals surface area contributed by atoms with Crippen LogP contribution < -0.4 is 10.7 Å². The zero-order valence-electron chi connectivity index (χ0n) is 17.8. The van der Waals surface area contributed by atoms with Crippen LogP contribution in [0.5, 0.6) is 0 Å². The number of nitro benzene ring substituents is 1. The number of benzene rings is 3. The van der Waals surface area contributed by atoms with Crippen LogP contribution in [0.2, 0.25) is 0 Å². The van der Waals surface area contributed by atoms with Gasteiger partial charge in [0.15, 0.2) is 5.69 Å². The van der Waals surface area contributed by atoms with Crippen molar-refractivity contribution in [2.24, 2.45) is 0 Å². The Balaban J connectivity index is 1.69. The summed E-state index contributed by atoms with van der Waals surface area (Å²) in [5.41, 5.74) is 1.94. The minimum Gasteiger partial charge on any atom is -0.320 e. The summed E-state index contributed by atoms with van der Waals surface area (Å²) in [6.45, 7) is 1.60. The zero-order valence-corrected chi connectivity index (χ0v) is 17.8. The van der Waals surface area contributed by atoms with Gasteiger partial charge in [-0.1, -0.05) is 60.7 Å². The van der Waals surface area contributed by atoms with Crippen LogP contribution in [0.4, 0.5) is 11.4 Å². The van der Waals surface area contributed by atoms with Crippen molar-refractivity contribution < 1.29 is 9.72 Å². The number of carbonyl (C=O) groups is 1. The summed E-state index contributed by atoms with van der Waals surface area (Å²) < 4.78 is 1.24. The molecule has 3 aromatic carbocycles. The molecule has 0 unspecified atom stereocenters. The number of hydrogen-bond donors (Lipinski definition) is 1. The fourth-order valence-electron chi connectivity index (χ4n) is 3.54. The molecule has 0 aliphatic heterocycles. The van der Waals surface area contributed by atoms with Gasteiger partial charge in [-0.25, -0.2) is 4.68 Å². The molecular weight excluding hydrogens is 420 g/mol. The first-order valence-electron chi connectivity index (χ1n) is 10.2. The van der Waals surface area contributed by atoms with E-state index in [2.05, 4.69) is 10.4 Å². The molecule has 0 atom stereocenters. The Labute approximate surface area is 189 Å². The normalized spacial score (nSPS) is 10.6. The Morgan fingerprint density at radius 1 is 1.00 bits per heavy atom. The van der Waals surface area contributed by atoms with Crippen molar-refractivity contribution in [1.82, 2.24) is 9.78 Å². The van der Waals surface area contributed by atoms with Gasteiger partial charge in [0.25, 0.3) is 11.6 Å². The van der Waals surface area contributed by atoms with Crippen molar-refractivity contribution in [3.8, 4) is 5.69 Å². The Morgan fingerprint density at radius 3 is 2.42 bits per heavy atom. The van der Waals surface area contributed by atoms with E-state index in [0.29, 0.717) is 17.8 Å². The van der Waals surface area contributed by atoms with Gasteiger partial charge in [0, 0.05) is 23.5 Å². The quantitative estimate of drug-likeness (QED) is 0.355. The van der Waals surface area contributed by atoms with Gasteiger partial charge in [0.05, 0.1) is 4.92 Å². The molecule has 8 nitrogen and oxygen atoms in total. The SMILES string of the molecule is Cc1cc(=O)c(C(=O)Nc2ccccc2Cc2ccccc2)nn1-c1ccccc1[N+](=O)[O-]. The van der Waals surface area contributed by atoms with Crippen LogP contribution in [0.3, 0.4) is 0 Å². The van der Waals surface area contributed by atoms with Crippen LogP contribution in [0.25, 0.3) is 5.69 Å². The molecule has 1 amide bonds. The highest BCUT2D eigenvalue weighted by Gasteiger charge is 2.20. The smallest absolute Gasteiger partial charge is 0.294 e. The lowest BCUT2D eigenvalue weighted by Crippen LogP contribution is -2.27. The standard InChI is InChI=1S/C25H20N4O4/c1-17-15-23(30)24(27-28(17)21-13-7-8-14-22(21)29(32)33)25(31)26-20-12-6-5-11-19(20)16-18-9-3-2-4-10-18/h2-15H,16H2,1H3,(H,26,31). The fourth-order valence-corrected chi connectivity index (χ4v) is 3.54. The van der Waals surface area contributed by atoms with Gasteiger partial charge in [-0.2, -0.15) is 5.10 Å². The molecule has 0 aliphatic carbocycles. The highest BCUT2D eigenvalue weighted by molar-refractivity contribution is 6.03. The monoisotopic (exact) mass is 440 g/mol. The lowest BCUT2D eigenvalue weighted by atomic mass is 10.0. The van der Waals surface area contributed by atoms with Gasteiger partial charge >= 0.3 is 0 Å². The summed E-state index contributed by atoms with van der Waals surface area (Å²) in [5, 5.41) is 18.4. The van der Waals surface area contributed by atoms with E-state index in [9.17, 15) is 19.7 Å². The van der Waals surface area contributed by atoms with Crippen molar-refractivity contribution >= 4 is 17.3 Å². The summed E-state index contributed by atoms with van der Waals surface area (Å²) in [6, 6.07) is 24.4. The molecule has 33 heavy (non-hydrogen) atoms. The number of rotatable bonds is 6. The van der Waals surface area contributed by atoms with E-state index in [4.69, 9.17) is 0 Å². The van der Waals surface area contributed by atoms with Gasteiger partial charge in [-0.15, -0.1) is 0 Å². The van der Waals surface area contributed by atoms with Gasteiger partial charge in [-0.3, -0.25) is 19.7 Å². The lowest BCUT2D eigenvalue weighted by Gasteiger charge is -2.13. The summed E-state index contributed by atoms with van der Waals surface area (Å²) in [6.07, 6.45) is 0.596. The van der Waals surface area contributed by atoms with E-state index in [-0.39, 0.29) is 17.1 Å². The van der Waals surface area contributed by atoms with Gasteiger partial charge < -0.3 is 5.32 Å². The van der Waals surface area contributed by atoms with Crippen molar-refractivity contribution in [1.29, 1.82) is 0 Å². The van der Waals surface area contributed by atoms with Crippen LogP contribution in [0, 0.1) is 17.0 Å². The third kappa shape index (κ3) is 4.69. The largest absolute Gasteiger partial charge is 0.320 e. The number of hydrogen-bond acceptors (Lipinski definition) is 5. The minimum absolute atomic E-state index is 0.165. The molecule has 0 fully saturated rings. The second-order valence-corrected chi connectivity index (χ2v) is 7.43. The third-order valence-corrected chi connectivity index (χ3v) is 5.13. The first kappa shape index (κ1) is 21.6. The van der Waals surface area contributed by atoms with E-state index in [0.717, 1.165) is 11.1 Å². The van der Waals surface area contributed by atoms with Crippen LogP contribution in [0.1, 0.15) is 27.3 Å². The van der Waals surface area contributed by atoms with Gasteiger partial charge in [0.2, 0.25) is 5.43 Å². The first-order chi connectivity index (χ1) is 15.9. The minimum atomic E-state index is -0.687. The van der Waals surface area contributed by atoms with Crippen molar-refractivity contribution in [2.45, 2.75) is 13.3 Å². The van der Waals surface area contributed by atoms with Gasteiger partial charge in [0.1, 0.15) is 5.69 Å². The van der Waals surface area contributed by atoms with Crippen LogP contribution in [0.15, 0.2) is 89.7 Å². The first-order valence-corrected chi connectivity index (χ1v) is 10.2. The second-order valence-electron chi connectivity index (χ2n) is 7.43. The molecule has 4 aromatic rings. The Bertz CT molecular complexity index is 1400. The molecule has 164 valence electrons. The Kier molecular flexibility index (Phi) is 6.08. The van der Waals surface area contributed by atoms with Crippen LogP contribution in [-0.4, -0.2) is 20.6 Å². The molecule has 0 saturated carbocycles. The molecule has 1 N–H and O–H groups in total. The molecule has 1 aromatic heterocycles. The second kappa shape index (κ2) is 9.27. The zero-order chi connectivity index (χ0) is 23.4. The molecule has 8 heteroatoms. The maximum absolute atomic E-state index is 13.0. The van der Waals surface area contributed by atoms with Crippen molar-refractivity contribution in [2.75, 3.05) is 5.32 Å². The fraction of sp³-hybridized carbons (Fsp3) is 0.0800.